The number of nitrogens with zero attached hydrogens (tertiary/aromatic N) is 4. The Hall–Kier alpha value is -2.68. The topological polar surface area (TPSA) is 84.7 Å². The van der Waals surface area contributed by atoms with Crippen LogP contribution >= 0.6 is 34.5 Å². The number of hydrogen-bond donors (Lipinski definition) is 2. The zero-order valence-corrected chi connectivity index (χ0v) is 18.8. The molecule has 0 bridgehead atoms. The molecule has 0 aliphatic carbocycles. The molecular weight excluding hydrogens is 443 g/mol. The molecule has 0 atom stereocenters. The number of carbonyl (C=O) groups excluding carboxylic acids is 1. The van der Waals surface area contributed by atoms with E-state index in [1.807, 2.05) is 43.7 Å². The van der Waals surface area contributed by atoms with Gasteiger partial charge in [0.25, 0.3) is 5.91 Å². The number of thiophene rings is 1. The summed E-state index contributed by atoms with van der Waals surface area (Å²) in [4.78, 5) is 22.6. The molecule has 0 aliphatic heterocycles. The van der Waals surface area contributed by atoms with Gasteiger partial charge in [-0.05, 0) is 50.6 Å². The van der Waals surface area contributed by atoms with Crippen molar-refractivity contribution in [1.82, 2.24) is 25.2 Å². The lowest BCUT2D eigenvalue weighted by Crippen LogP contribution is -2.29. The van der Waals surface area contributed by atoms with Gasteiger partial charge in [-0.2, -0.15) is 5.10 Å². The fourth-order valence-electron chi connectivity index (χ4n) is 3.10. The summed E-state index contributed by atoms with van der Waals surface area (Å²) < 4.78 is 1.85. The van der Waals surface area contributed by atoms with Gasteiger partial charge in [-0.15, -0.1) is 11.3 Å². The number of halogens is 2. The molecule has 0 saturated carbocycles. The van der Waals surface area contributed by atoms with Crippen molar-refractivity contribution < 1.29 is 4.79 Å². The number of hydrogen-bond acceptors (Lipinski definition) is 6. The van der Waals surface area contributed by atoms with Crippen molar-refractivity contribution in [3.63, 3.8) is 0 Å². The lowest BCUT2D eigenvalue weighted by molar-refractivity contribution is 0.0966. The van der Waals surface area contributed by atoms with Crippen molar-refractivity contribution in [2.75, 3.05) is 5.43 Å². The minimum atomic E-state index is -0.269. The molecule has 30 heavy (non-hydrogen) atoms. The van der Waals surface area contributed by atoms with E-state index < -0.39 is 0 Å². The molecule has 3 aromatic heterocycles. The highest BCUT2D eigenvalue weighted by Gasteiger charge is 2.17. The van der Waals surface area contributed by atoms with Crippen LogP contribution in [0.4, 0.5) is 5.95 Å². The third-order valence-electron chi connectivity index (χ3n) is 4.44. The molecule has 0 saturated heterocycles. The number of hydrazine groups is 1. The van der Waals surface area contributed by atoms with Gasteiger partial charge in [0, 0.05) is 26.8 Å². The number of amides is 1. The summed E-state index contributed by atoms with van der Waals surface area (Å²) in [5, 5.41) is 6.68. The average molecular weight is 461 g/mol. The van der Waals surface area contributed by atoms with Crippen LogP contribution in [0.3, 0.4) is 0 Å². The third-order valence-corrected chi connectivity index (χ3v) is 6.17. The van der Waals surface area contributed by atoms with Gasteiger partial charge in [-0.25, -0.2) is 9.97 Å². The average Bonchev–Trinajstić information content (AvgIpc) is 3.23. The minimum absolute atomic E-state index is 0.269. The largest absolute Gasteiger partial charge is 0.279 e. The number of aryl methyl sites for hydroxylation is 3. The normalized spacial score (nSPS) is 11.1. The summed E-state index contributed by atoms with van der Waals surface area (Å²) in [5.41, 5.74) is 8.81. The van der Waals surface area contributed by atoms with Crippen molar-refractivity contribution >= 4 is 56.6 Å². The highest BCUT2D eigenvalue weighted by Crippen LogP contribution is 2.30. The van der Waals surface area contributed by atoms with Crippen molar-refractivity contribution in [1.29, 1.82) is 0 Å². The first-order valence-electron chi connectivity index (χ1n) is 9.09. The first kappa shape index (κ1) is 20.6. The quantitative estimate of drug-likeness (QED) is 0.412. The van der Waals surface area contributed by atoms with Gasteiger partial charge in [-0.3, -0.25) is 20.3 Å². The van der Waals surface area contributed by atoms with Crippen molar-refractivity contribution in [2.24, 2.45) is 0 Å². The molecule has 1 aromatic carbocycles. The van der Waals surface area contributed by atoms with Gasteiger partial charge < -0.3 is 0 Å². The summed E-state index contributed by atoms with van der Waals surface area (Å²) in [7, 11) is 0. The van der Waals surface area contributed by atoms with Crippen LogP contribution in [-0.4, -0.2) is 25.7 Å². The molecule has 0 unspecified atom stereocenters. The van der Waals surface area contributed by atoms with E-state index in [-0.39, 0.29) is 5.91 Å². The van der Waals surface area contributed by atoms with Gasteiger partial charge in [0.15, 0.2) is 0 Å². The monoisotopic (exact) mass is 460 g/mol. The Balaban J connectivity index is 1.55. The lowest BCUT2D eigenvalue weighted by Gasteiger charge is -2.07. The van der Waals surface area contributed by atoms with Gasteiger partial charge in [0.1, 0.15) is 4.83 Å². The number of nitrogens with one attached hydrogen (secondary N) is 2. The maximum atomic E-state index is 12.6. The highest BCUT2D eigenvalue weighted by molar-refractivity contribution is 7.20. The molecule has 3 heterocycles. The SMILES string of the molecule is Cc1cc(C)nc(NNC(=O)c2cc3c(C)nn(Cc4ccc(Cl)cc4Cl)c3s2)n1. The van der Waals surface area contributed by atoms with Crippen LogP contribution in [0.15, 0.2) is 30.3 Å². The fraction of sp³-hybridized carbons (Fsp3) is 0.200. The summed E-state index contributed by atoms with van der Waals surface area (Å²) in [6, 6.07) is 9.08. The molecule has 0 radical (unpaired) electrons. The Morgan fingerprint density at radius 1 is 1.10 bits per heavy atom. The predicted octanol–water partition coefficient (Wildman–Crippen LogP) is 4.93. The number of benzene rings is 1. The molecule has 2 N–H and O–H groups in total. The number of rotatable bonds is 5. The van der Waals surface area contributed by atoms with E-state index in [0.717, 1.165) is 32.9 Å². The van der Waals surface area contributed by atoms with Crippen molar-refractivity contribution in [2.45, 2.75) is 27.3 Å². The second-order valence-electron chi connectivity index (χ2n) is 6.86. The summed E-state index contributed by atoms with van der Waals surface area (Å²) >= 11 is 13.7. The smallest absolute Gasteiger partial charge is 0.266 e. The summed E-state index contributed by atoms with van der Waals surface area (Å²) in [5.74, 6) is 0.0798. The number of carbonyl (C=O) groups is 1. The number of aromatic nitrogens is 4. The molecule has 0 spiro atoms. The van der Waals surface area contributed by atoms with E-state index in [4.69, 9.17) is 23.2 Å². The van der Waals surface area contributed by atoms with E-state index in [1.165, 1.54) is 11.3 Å². The Morgan fingerprint density at radius 2 is 1.83 bits per heavy atom. The van der Waals surface area contributed by atoms with E-state index in [9.17, 15) is 4.79 Å². The molecule has 1 amide bonds. The van der Waals surface area contributed by atoms with Crippen molar-refractivity contribution in [3.05, 3.63) is 67.9 Å². The molecule has 4 aromatic rings. The van der Waals surface area contributed by atoms with Crippen LogP contribution in [0.5, 0.6) is 0 Å². The second kappa shape index (κ2) is 8.22. The van der Waals surface area contributed by atoms with Crippen LogP contribution in [0.2, 0.25) is 10.0 Å². The van der Waals surface area contributed by atoms with Gasteiger partial charge in [0.05, 0.1) is 17.1 Å². The first-order valence-corrected chi connectivity index (χ1v) is 10.7. The molecule has 0 fully saturated rings. The van der Waals surface area contributed by atoms with Crippen LogP contribution in [0.25, 0.3) is 10.2 Å². The molecule has 4 rings (SSSR count). The zero-order chi connectivity index (χ0) is 21.4. The number of anilines is 1. The van der Waals surface area contributed by atoms with Crippen LogP contribution in [-0.2, 0) is 6.54 Å². The highest BCUT2D eigenvalue weighted by atomic mass is 35.5. The molecule has 154 valence electrons. The summed E-state index contributed by atoms with van der Waals surface area (Å²) in [6.07, 6.45) is 0. The Kier molecular flexibility index (Phi) is 5.64. The number of fused-ring (bicyclic) bond motifs is 1. The maximum Gasteiger partial charge on any atom is 0.279 e. The maximum absolute atomic E-state index is 12.6. The van der Waals surface area contributed by atoms with E-state index in [2.05, 4.69) is 25.9 Å². The first-order chi connectivity index (χ1) is 14.3. The van der Waals surface area contributed by atoms with Crippen LogP contribution in [0, 0.1) is 20.8 Å². The van der Waals surface area contributed by atoms with Crippen LogP contribution in [0.1, 0.15) is 32.3 Å². The van der Waals surface area contributed by atoms with E-state index in [1.54, 1.807) is 12.1 Å². The Labute approximate surface area is 187 Å². The van der Waals surface area contributed by atoms with E-state index >= 15 is 0 Å². The zero-order valence-electron chi connectivity index (χ0n) is 16.5. The molecular formula is C20H18Cl2N6OS. The van der Waals surface area contributed by atoms with E-state index in [0.29, 0.717) is 27.4 Å². The Morgan fingerprint density at radius 3 is 2.53 bits per heavy atom. The minimum Gasteiger partial charge on any atom is -0.266 e. The van der Waals surface area contributed by atoms with Gasteiger partial charge >= 0.3 is 0 Å². The van der Waals surface area contributed by atoms with Crippen molar-refractivity contribution in [3.8, 4) is 0 Å². The standard InChI is InChI=1S/C20H18Cl2N6OS/c1-10-6-11(2)24-20(23-10)26-25-18(29)17-8-15-12(3)27-28(19(15)30-17)9-13-4-5-14(21)7-16(13)22/h4-8H,9H2,1-3H3,(H,25,29)(H,23,24,26). The van der Waals surface area contributed by atoms with Crippen LogP contribution < -0.4 is 10.9 Å². The van der Waals surface area contributed by atoms with Gasteiger partial charge in [-0.1, -0.05) is 29.3 Å². The third kappa shape index (κ3) is 4.26. The summed E-state index contributed by atoms with van der Waals surface area (Å²) in [6.45, 7) is 6.14. The molecule has 7 nitrogen and oxygen atoms in total. The predicted molar refractivity (Wildman–Crippen MR) is 121 cm³/mol. The molecule has 10 heteroatoms. The Bertz CT molecular complexity index is 1250. The molecule has 0 aliphatic rings. The second-order valence-corrected chi connectivity index (χ2v) is 8.74. The van der Waals surface area contributed by atoms with Gasteiger partial charge in [0.2, 0.25) is 5.95 Å². The fourth-order valence-corrected chi connectivity index (χ4v) is 4.62. The lowest BCUT2D eigenvalue weighted by atomic mass is 10.2.